The average Bonchev–Trinajstić information content (AvgIpc) is 3.25. The van der Waals surface area contributed by atoms with Crippen LogP contribution in [0.3, 0.4) is 0 Å². The highest BCUT2D eigenvalue weighted by atomic mass is 32.1. The van der Waals surface area contributed by atoms with Gasteiger partial charge < -0.3 is 10.1 Å². The van der Waals surface area contributed by atoms with Crippen molar-refractivity contribution in [2.45, 2.75) is 75.0 Å². The molecule has 3 nitrogen and oxygen atoms in total. The number of thiophene rings is 1. The molecule has 1 amide bonds. The Morgan fingerprint density at radius 3 is 2.76 bits per heavy atom. The number of ether oxygens (including phenoxy) is 1. The van der Waals surface area contributed by atoms with E-state index in [0.717, 1.165) is 25.7 Å². The monoisotopic (exact) mass is 305 g/mol. The summed E-state index contributed by atoms with van der Waals surface area (Å²) in [7, 11) is 0. The number of carbonyl (C=O) groups excluding carboxylic acids is 1. The van der Waals surface area contributed by atoms with Crippen LogP contribution >= 0.6 is 11.3 Å². The van der Waals surface area contributed by atoms with Crippen LogP contribution in [0, 0.1) is 0 Å². The van der Waals surface area contributed by atoms with Gasteiger partial charge in [-0.25, -0.2) is 0 Å². The first-order chi connectivity index (χ1) is 10.3. The Labute approximate surface area is 130 Å². The van der Waals surface area contributed by atoms with Gasteiger partial charge in [0.1, 0.15) is 0 Å². The van der Waals surface area contributed by atoms with Crippen LogP contribution in [0.5, 0.6) is 0 Å². The van der Waals surface area contributed by atoms with Crippen molar-refractivity contribution in [2.24, 2.45) is 0 Å². The third kappa shape index (κ3) is 2.33. The van der Waals surface area contributed by atoms with E-state index in [1.807, 2.05) is 0 Å². The molecule has 1 aromatic rings. The summed E-state index contributed by atoms with van der Waals surface area (Å²) in [4.78, 5) is 14.3. The number of nitrogens with one attached hydrogen (secondary N) is 1. The molecule has 2 aliphatic heterocycles. The molecule has 2 bridgehead atoms. The van der Waals surface area contributed by atoms with Crippen LogP contribution in [0.2, 0.25) is 0 Å². The van der Waals surface area contributed by atoms with Crippen LogP contribution in [0.4, 0.5) is 0 Å². The zero-order chi connectivity index (χ0) is 14.3. The first kappa shape index (κ1) is 13.8. The van der Waals surface area contributed by atoms with E-state index in [-0.39, 0.29) is 23.5 Å². The van der Waals surface area contributed by atoms with Crippen LogP contribution in [0.25, 0.3) is 0 Å². The van der Waals surface area contributed by atoms with Crippen molar-refractivity contribution in [3.8, 4) is 0 Å². The summed E-state index contributed by atoms with van der Waals surface area (Å²) in [5, 5.41) is 5.45. The Morgan fingerprint density at radius 2 is 2.14 bits per heavy atom. The van der Waals surface area contributed by atoms with Gasteiger partial charge in [0.2, 0.25) is 5.91 Å². The number of hydrogen-bond donors (Lipinski definition) is 1. The Balaban J connectivity index is 1.54. The lowest BCUT2D eigenvalue weighted by molar-refractivity contribution is -0.129. The lowest BCUT2D eigenvalue weighted by atomic mass is 9.72. The third-order valence-corrected chi connectivity index (χ3v) is 6.63. The molecule has 1 aliphatic carbocycles. The van der Waals surface area contributed by atoms with Crippen molar-refractivity contribution in [1.29, 1.82) is 0 Å². The predicted molar refractivity (Wildman–Crippen MR) is 83.5 cm³/mol. The predicted octanol–water partition coefficient (Wildman–Crippen LogP) is 3.39. The number of hydrogen-bond acceptors (Lipinski definition) is 3. The van der Waals surface area contributed by atoms with Gasteiger partial charge in [-0.1, -0.05) is 25.3 Å². The molecule has 1 N–H and O–H groups in total. The molecule has 0 unspecified atom stereocenters. The lowest BCUT2D eigenvalue weighted by Gasteiger charge is -2.36. The molecule has 0 spiro atoms. The molecule has 0 radical (unpaired) electrons. The molecule has 4 rings (SSSR count). The molecule has 21 heavy (non-hydrogen) atoms. The van der Waals surface area contributed by atoms with Gasteiger partial charge in [0.05, 0.1) is 23.7 Å². The summed E-state index contributed by atoms with van der Waals surface area (Å²) in [6.07, 6.45) is 9.55. The quantitative estimate of drug-likeness (QED) is 0.929. The highest BCUT2D eigenvalue weighted by Crippen LogP contribution is 2.43. The Bertz CT molecular complexity index is 507. The van der Waals surface area contributed by atoms with Crippen molar-refractivity contribution in [3.63, 3.8) is 0 Å². The maximum atomic E-state index is 13.1. The number of amides is 1. The van der Waals surface area contributed by atoms with Gasteiger partial charge in [0.25, 0.3) is 0 Å². The van der Waals surface area contributed by atoms with Crippen molar-refractivity contribution < 1.29 is 9.53 Å². The van der Waals surface area contributed by atoms with Crippen LogP contribution in [0.15, 0.2) is 17.5 Å². The van der Waals surface area contributed by atoms with E-state index in [1.165, 1.54) is 30.6 Å². The van der Waals surface area contributed by atoms with E-state index in [0.29, 0.717) is 6.10 Å². The summed E-state index contributed by atoms with van der Waals surface area (Å²) >= 11 is 1.74. The molecule has 1 aromatic heterocycles. The Morgan fingerprint density at radius 1 is 1.29 bits per heavy atom. The van der Waals surface area contributed by atoms with Crippen LogP contribution in [-0.4, -0.2) is 24.2 Å². The molecule has 0 aromatic carbocycles. The second-order valence-corrected chi connectivity index (χ2v) is 7.76. The third-order valence-electron chi connectivity index (χ3n) is 5.56. The van der Waals surface area contributed by atoms with Gasteiger partial charge >= 0.3 is 0 Å². The summed E-state index contributed by atoms with van der Waals surface area (Å²) in [5.74, 6) is 0.255. The van der Waals surface area contributed by atoms with E-state index in [1.54, 1.807) is 11.3 Å². The number of rotatable bonds is 3. The van der Waals surface area contributed by atoms with Gasteiger partial charge in [-0.3, -0.25) is 4.79 Å². The van der Waals surface area contributed by atoms with Gasteiger partial charge in [-0.15, -0.1) is 11.3 Å². The van der Waals surface area contributed by atoms with Crippen LogP contribution < -0.4 is 5.32 Å². The summed E-state index contributed by atoms with van der Waals surface area (Å²) in [6.45, 7) is 0. The minimum absolute atomic E-state index is 0.245. The van der Waals surface area contributed by atoms with Crippen molar-refractivity contribution >= 4 is 17.2 Å². The Hall–Kier alpha value is -0.870. The fourth-order valence-electron chi connectivity index (χ4n) is 4.39. The molecular weight excluding hydrogens is 282 g/mol. The maximum absolute atomic E-state index is 13.1. The van der Waals surface area contributed by atoms with E-state index < -0.39 is 0 Å². The lowest BCUT2D eigenvalue weighted by Crippen LogP contribution is -2.51. The molecule has 1 saturated carbocycles. The Kier molecular flexibility index (Phi) is 3.54. The van der Waals surface area contributed by atoms with E-state index in [9.17, 15) is 4.79 Å². The number of carbonyl (C=O) groups is 1. The van der Waals surface area contributed by atoms with Crippen molar-refractivity contribution in [3.05, 3.63) is 22.4 Å². The van der Waals surface area contributed by atoms with E-state index in [4.69, 9.17) is 4.74 Å². The van der Waals surface area contributed by atoms with Gasteiger partial charge in [0.15, 0.2) is 0 Å². The summed E-state index contributed by atoms with van der Waals surface area (Å²) in [6, 6.07) is 4.46. The highest BCUT2D eigenvalue weighted by molar-refractivity contribution is 7.10. The van der Waals surface area contributed by atoms with Crippen LogP contribution in [0.1, 0.15) is 56.2 Å². The smallest absolute Gasteiger partial charge is 0.231 e. The molecular formula is C17H23NO2S. The van der Waals surface area contributed by atoms with E-state index in [2.05, 4.69) is 22.8 Å². The second-order valence-electron chi connectivity index (χ2n) is 6.81. The van der Waals surface area contributed by atoms with Crippen LogP contribution in [-0.2, 0) is 14.9 Å². The molecule has 2 saturated heterocycles. The molecule has 114 valence electrons. The summed E-state index contributed by atoms with van der Waals surface area (Å²) < 4.78 is 5.88. The SMILES string of the molecule is O=C(N[C@H]1C[C@H]2CC[C@@H]1O2)C1(c2cccs2)CCCCC1. The van der Waals surface area contributed by atoms with Crippen molar-refractivity contribution in [1.82, 2.24) is 5.32 Å². The van der Waals surface area contributed by atoms with Gasteiger partial charge in [-0.05, 0) is 43.6 Å². The topological polar surface area (TPSA) is 38.3 Å². The normalized spacial score (nSPS) is 34.0. The standard InChI is InChI=1S/C17H23NO2S/c19-16(18-13-11-12-6-7-14(13)20-12)17(8-2-1-3-9-17)15-5-4-10-21-15/h4-5,10,12-14H,1-3,6-9,11H2,(H,18,19)/t12-,13+,14+/m1/s1. The molecule has 3 atom stereocenters. The average molecular weight is 305 g/mol. The molecule has 4 heteroatoms. The van der Waals surface area contributed by atoms with Gasteiger partial charge in [-0.2, -0.15) is 0 Å². The fraction of sp³-hybridized carbons (Fsp3) is 0.706. The zero-order valence-electron chi connectivity index (χ0n) is 12.3. The maximum Gasteiger partial charge on any atom is 0.231 e. The molecule has 3 fully saturated rings. The largest absolute Gasteiger partial charge is 0.373 e. The molecule has 3 heterocycles. The zero-order valence-corrected chi connectivity index (χ0v) is 13.2. The minimum Gasteiger partial charge on any atom is -0.373 e. The van der Waals surface area contributed by atoms with Gasteiger partial charge in [0, 0.05) is 4.88 Å². The number of fused-ring (bicyclic) bond motifs is 2. The summed E-state index contributed by atoms with van der Waals surface area (Å²) in [5.41, 5.74) is -0.270. The highest BCUT2D eigenvalue weighted by Gasteiger charge is 2.46. The molecule has 3 aliphatic rings. The second kappa shape index (κ2) is 5.40. The van der Waals surface area contributed by atoms with E-state index >= 15 is 0 Å². The first-order valence-electron chi connectivity index (χ1n) is 8.28. The fourth-order valence-corrected chi connectivity index (χ4v) is 5.37. The first-order valence-corrected chi connectivity index (χ1v) is 9.16. The van der Waals surface area contributed by atoms with Crippen molar-refractivity contribution in [2.75, 3.05) is 0 Å². The minimum atomic E-state index is -0.270.